The summed E-state index contributed by atoms with van der Waals surface area (Å²) in [7, 11) is 1.48. The standard InChI is InChI=1S/C26H27F2N5O4/c1-35-22-5-3-18-23(33-22)16(17(27)12-29-18)10-20(28)26-8-6-25(7-9-26,14-37-26)30-11-15-2-4-19-24(31-15)32-21(34)13-36-19/h2-5,12,20,30H,6-11,13-14H2,1H3,(H,31,32,34). The summed E-state index contributed by atoms with van der Waals surface area (Å²) in [5, 5.41) is 6.27. The van der Waals surface area contributed by atoms with Crippen molar-refractivity contribution in [3.05, 3.63) is 47.5 Å². The van der Waals surface area contributed by atoms with Gasteiger partial charge in [-0.05, 0) is 43.9 Å². The molecule has 37 heavy (non-hydrogen) atoms. The fraction of sp³-hybridized carbons (Fsp3) is 0.462. The Bertz CT molecular complexity index is 1350. The first-order chi connectivity index (χ1) is 17.9. The quantitative estimate of drug-likeness (QED) is 0.498. The Morgan fingerprint density at radius 3 is 2.78 bits per heavy atom. The van der Waals surface area contributed by atoms with E-state index >= 15 is 4.39 Å². The van der Waals surface area contributed by atoms with Gasteiger partial charge in [0, 0.05) is 30.1 Å². The van der Waals surface area contributed by atoms with Crippen LogP contribution in [0.3, 0.4) is 0 Å². The van der Waals surface area contributed by atoms with Crippen LogP contribution in [-0.2, 0) is 22.5 Å². The Morgan fingerprint density at radius 2 is 2.03 bits per heavy atom. The molecular formula is C26H27F2N5O4. The highest BCUT2D eigenvalue weighted by Gasteiger charge is 2.53. The molecule has 1 aliphatic carbocycles. The van der Waals surface area contributed by atoms with E-state index in [1.165, 1.54) is 7.11 Å². The summed E-state index contributed by atoms with van der Waals surface area (Å²) in [6.07, 6.45) is 2.05. The number of rotatable bonds is 7. The zero-order chi connectivity index (χ0) is 25.6. The predicted octanol–water partition coefficient (Wildman–Crippen LogP) is 3.26. The fourth-order valence-electron chi connectivity index (χ4n) is 5.48. The maximum Gasteiger partial charge on any atom is 0.263 e. The largest absolute Gasteiger partial charge is 0.481 e. The van der Waals surface area contributed by atoms with Crippen molar-refractivity contribution < 1.29 is 27.8 Å². The van der Waals surface area contributed by atoms with E-state index in [0.717, 1.165) is 24.7 Å². The van der Waals surface area contributed by atoms with E-state index in [2.05, 4.69) is 25.6 Å². The molecule has 1 unspecified atom stereocenters. The molecule has 3 aromatic rings. The van der Waals surface area contributed by atoms with Crippen LogP contribution < -0.4 is 20.1 Å². The molecule has 0 radical (unpaired) electrons. The number of hydrogen-bond donors (Lipinski definition) is 2. The lowest BCUT2D eigenvalue weighted by atomic mass is 9.68. The highest BCUT2D eigenvalue weighted by Crippen LogP contribution is 2.47. The van der Waals surface area contributed by atoms with Gasteiger partial charge in [0.25, 0.3) is 5.91 Å². The molecule has 2 saturated heterocycles. The zero-order valence-electron chi connectivity index (χ0n) is 20.4. The number of carbonyl (C=O) groups is 1. The van der Waals surface area contributed by atoms with Crippen molar-refractivity contribution in [2.75, 3.05) is 25.6 Å². The summed E-state index contributed by atoms with van der Waals surface area (Å²) in [5.41, 5.74) is 0.482. The van der Waals surface area contributed by atoms with E-state index in [0.29, 0.717) is 54.5 Å². The molecule has 0 aromatic carbocycles. The normalized spacial score (nSPS) is 25.3. The Balaban J connectivity index is 1.13. The first kappa shape index (κ1) is 23.9. The number of anilines is 1. The van der Waals surface area contributed by atoms with Gasteiger partial charge in [-0.2, -0.15) is 0 Å². The van der Waals surface area contributed by atoms with Crippen LogP contribution in [0, 0.1) is 5.82 Å². The summed E-state index contributed by atoms with van der Waals surface area (Å²) in [4.78, 5) is 24.5. The molecule has 1 amide bonds. The number of halogens is 2. The van der Waals surface area contributed by atoms with Crippen molar-refractivity contribution in [2.24, 2.45) is 0 Å². The van der Waals surface area contributed by atoms with Crippen molar-refractivity contribution in [1.82, 2.24) is 20.3 Å². The maximum atomic E-state index is 15.9. The number of amides is 1. The van der Waals surface area contributed by atoms with E-state index < -0.39 is 17.6 Å². The Hall–Kier alpha value is -3.44. The van der Waals surface area contributed by atoms with Gasteiger partial charge in [0.2, 0.25) is 5.88 Å². The zero-order valence-corrected chi connectivity index (χ0v) is 20.4. The average molecular weight is 512 g/mol. The first-order valence-corrected chi connectivity index (χ1v) is 12.3. The van der Waals surface area contributed by atoms with Crippen LogP contribution in [0.1, 0.15) is 36.9 Å². The van der Waals surface area contributed by atoms with Gasteiger partial charge in [-0.1, -0.05) is 0 Å². The molecule has 1 atom stereocenters. The Morgan fingerprint density at radius 1 is 1.19 bits per heavy atom. The SMILES string of the molecule is COc1ccc2ncc(F)c(CC(F)C34CCC(NCc5ccc6c(n5)NC(=O)CO6)(CC3)CO4)c2n1. The third-order valence-corrected chi connectivity index (χ3v) is 7.77. The van der Waals surface area contributed by atoms with E-state index in [9.17, 15) is 9.18 Å². The van der Waals surface area contributed by atoms with Gasteiger partial charge < -0.3 is 24.8 Å². The van der Waals surface area contributed by atoms with E-state index in [-0.39, 0.29) is 30.0 Å². The van der Waals surface area contributed by atoms with E-state index in [4.69, 9.17) is 14.2 Å². The summed E-state index contributed by atoms with van der Waals surface area (Å²) in [6.45, 7) is 0.808. The minimum absolute atomic E-state index is 0.0151. The lowest BCUT2D eigenvalue weighted by Crippen LogP contribution is -2.64. The van der Waals surface area contributed by atoms with Gasteiger partial charge in [-0.15, -0.1) is 0 Å². The molecule has 4 aliphatic rings. The van der Waals surface area contributed by atoms with Gasteiger partial charge in [0.1, 0.15) is 12.0 Å². The number of alkyl halides is 1. The van der Waals surface area contributed by atoms with Crippen LogP contribution in [0.25, 0.3) is 11.0 Å². The minimum Gasteiger partial charge on any atom is -0.481 e. The highest BCUT2D eigenvalue weighted by atomic mass is 19.1. The number of fused-ring (bicyclic) bond motifs is 5. The second-order valence-electron chi connectivity index (χ2n) is 9.95. The van der Waals surface area contributed by atoms with Crippen molar-refractivity contribution in [3.8, 4) is 11.6 Å². The molecule has 2 N–H and O–H groups in total. The van der Waals surface area contributed by atoms with Gasteiger partial charge in [-0.3, -0.25) is 9.78 Å². The summed E-state index contributed by atoms with van der Waals surface area (Å²) in [5.74, 6) is 0.461. The van der Waals surface area contributed by atoms with Gasteiger partial charge in [0.05, 0.1) is 42.2 Å². The monoisotopic (exact) mass is 511 g/mol. The molecule has 0 spiro atoms. The number of pyridine rings is 3. The maximum absolute atomic E-state index is 15.9. The molecule has 3 fully saturated rings. The van der Waals surface area contributed by atoms with Crippen LogP contribution >= 0.6 is 0 Å². The summed E-state index contributed by atoms with van der Waals surface area (Å²) >= 11 is 0. The van der Waals surface area contributed by atoms with Crippen molar-refractivity contribution in [1.29, 1.82) is 0 Å². The van der Waals surface area contributed by atoms with Crippen molar-refractivity contribution in [3.63, 3.8) is 0 Å². The van der Waals surface area contributed by atoms with Gasteiger partial charge in [-0.25, -0.2) is 18.7 Å². The van der Waals surface area contributed by atoms with Crippen LogP contribution in [0.5, 0.6) is 11.6 Å². The molecule has 7 rings (SSSR count). The highest BCUT2D eigenvalue weighted by molar-refractivity contribution is 5.94. The molecular weight excluding hydrogens is 484 g/mol. The smallest absolute Gasteiger partial charge is 0.263 e. The minimum atomic E-state index is -1.40. The van der Waals surface area contributed by atoms with Crippen LogP contribution in [0.15, 0.2) is 30.5 Å². The summed E-state index contributed by atoms with van der Waals surface area (Å²) < 4.78 is 47.3. The number of nitrogens with zero attached hydrogens (tertiary/aromatic N) is 3. The number of aromatic nitrogens is 3. The number of ether oxygens (including phenoxy) is 3. The van der Waals surface area contributed by atoms with Crippen LogP contribution in [0.2, 0.25) is 0 Å². The molecule has 11 heteroatoms. The number of carbonyl (C=O) groups excluding carboxylic acids is 1. The molecule has 6 heterocycles. The van der Waals surface area contributed by atoms with Gasteiger partial charge >= 0.3 is 0 Å². The fourth-order valence-corrected chi connectivity index (χ4v) is 5.48. The average Bonchev–Trinajstić information content (AvgIpc) is 2.94. The van der Waals surface area contributed by atoms with E-state index in [1.54, 1.807) is 18.2 Å². The molecule has 194 valence electrons. The second-order valence-corrected chi connectivity index (χ2v) is 9.95. The number of hydrogen-bond acceptors (Lipinski definition) is 8. The first-order valence-electron chi connectivity index (χ1n) is 12.3. The lowest BCUT2D eigenvalue weighted by molar-refractivity contribution is -0.193. The molecule has 9 nitrogen and oxygen atoms in total. The molecule has 3 aromatic heterocycles. The number of nitrogens with one attached hydrogen (secondary N) is 2. The van der Waals surface area contributed by atoms with Crippen LogP contribution in [0.4, 0.5) is 14.6 Å². The molecule has 1 saturated carbocycles. The van der Waals surface area contributed by atoms with Crippen molar-refractivity contribution in [2.45, 2.75) is 56.0 Å². The van der Waals surface area contributed by atoms with Crippen molar-refractivity contribution >= 4 is 22.8 Å². The third-order valence-electron chi connectivity index (χ3n) is 7.77. The van der Waals surface area contributed by atoms with E-state index in [1.807, 2.05) is 6.07 Å². The van der Waals surface area contributed by atoms with Gasteiger partial charge in [0.15, 0.2) is 18.2 Å². The summed E-state index contributed by atoms with van der Waals surface area (Å²) in [6, 6.07) is 6.97. The molecule has 2 bridgehead atoms. The topological polar surface area (TPSA) is 107 Å². The third kappa shape index (κ3) is 4.36. The Kier molecular flexibility index (Phi) is 5.91. The predicted molar refractivity (Wildman–Crippen MR) is 130 cm³/mol. The Labute approximate surface area is 211 Å². The van der Waals surface area contributed by atoms with Crippen LogP contribution in [-0.4, -0.2) is 58.5 Å². The number of methoxy groups -OCH3 is 1. The second kappa shape index (κ2) is 9.14. The lowest BCUT2D eigenvalue weighted by Gasteiger charge is -2.54. The molecule has 3 aliphatic heterocycles.